The molecule has 5 heteroatoms. The zero-order valence-electron chi connectivity index (χ0n) is 9.90. The van der Waals surface area contributed by atoms with Gasteiger partial charge < -0.3 is 5.11 Å². The Bertz CT molecular complexity index is 453. The molecule has 1 heterocycles. The standard InChI is InChI=1S/C13H15BrClNO2/c14-10-4-5-11(15)9(7-10)8-16-6-2-1-3-12(16)13(17)18/h4-5,7,12H,1-3,6,8H2,(H,17,18). The molecule has 1 unspecified atom stereocenters. The molecule has 1 fully saturated rings. The lowest BCUT2D eigenvalue weighted by atomic mass is 10.0. The molecular formula is C13H15BrClNO2. The van der Waals surface area contributed by atoms with Crippen molar-refractivity contribution < 1.29 is 9.90 Å². The number of carboxylic acid groups (broad SMARTS) is 1. The first kappa shape index (κ1) is 13.8. The number of benzene rings is 1. The van der Waals surface area contributed by atoms with Crippen molar-refractivity contribution in [3.63, 3.8) is 0 Å². The van der Waals surface area contributed by atoms with E-state index >= 15 is 0 Å². The van der Waals surface area contributed by atoms with Crippen LogP contribution >= 0.6 is 27.5 Å². The zero-order valence-corrected chi connectivity index (χ0v) is 12.2. The van der Waals surface area contributed by atoms with Crippen molar-refractivity contribution in [3.05, 3.63) is 33.3 Å². The Kier molecular flexibility index (Phi) is 4.65. The van der Waals surface area contributed by atoms with Crippen LogP contribution in [0, 0.1) is 0 Å². The number of rotatable bonds is 3. The van der Waals surface area contributed by atoms with Crippen LogP contribution in [0.5, 0.6) is 0 Å². The number of piperidine rings is 1. The first-order chi connectivity index (χ1) is 8.58. The normalized spacial score (nSPS) is 20.9. The van der Waals surface area contributed by atoms with E-state index in [1.54, 1.807) is 0 Å². The summed E-state index contributed by atoms with van der Waals surface area (Å²) in [5.74, 6) is -0.735. The van der Waals surface area contributed by atoms with E-state index in [2.05, 4.69) is 15.9 Å². The maximum atomic E-state index is 11.2. The summed E-state index contributed by atoms with van der Waals surface area (Å²) in [5, 5.41) is 9.91. The fraction of sp³-hybridized carbons (Fsp3) is 0.462. The first-order valence-corrected chi connectivity index (χ1v) is 7.16. The fourth-order valence-corrected chi connectivity index (χ4v) is 2.93. The second-order valence-corrected chi connectivity index (χ2v) is 5.88. The second kappa shape index (κ2) is 6.04. The molecule has 0 radical (unpaired) electrons. The quantitative estimate of drug-likeness (QED) is 0.920. The third kappa shape index (κ3) is 3.25. The molecule has 1 saturated heterocycles. The van der Waals surface area contributed by atoms with Crippen LogP contribution in [-0.4, -0.2) is 28.6 Å². The van der Waals surface area contributed by atoms with Gasteiger partial charge >= 0.3 is 5.97 Å². The number of carbonyl (C=O) groups is 1. The highest BCUT2D eigenvalue weighted by Crippen LogP contribution is 2.25. The molecule has 18 heavy (non-hydrogen) atoms. The van der Waals surface area contributed by atoms with Gasteiger partial charge in [-0.1, -0.05) is 34.0 Å². The Labute approximate surface area is 120 Å². The molecule has 1 aromatic rings. The molecule has 0 saturated carbocycles. The zero-order chi connectivity index (χ0) is 13.1. The smallest absolute Gasteiger partial charge is 0.320 e. The van der Waals surface area contributed by atoms with Crippen LogP contribution < -0.4 is 0 Å². The molecule has 1 atom stereocenters. The molecule has 0 amide bonds. The Hall–Kier alpha value is -0.580. The van der Waals surface area contributed by atoms with Crippen LogP contribution in [0.25, 0.3) is 0 Å². The van der Waals surface area contributed by atoms with E-state index in [1.807, 2.05) is 23.1 Å². The fourth-order valence-electron chi connectivity index (χ4n) is 2.34. The SMILES string of the molecule is O=C(O)C1CCCCN1Cc1cc(Br)ccc1Cl. The number of carboxylic acids is 1. The van der Waals surface area contributed by atoms with Crippen molar-refractivity contribution in [2.45, 2.75) is 31.8 Å². The topological polar surface area (TPSA) is 40.5 Å². The Morgan fingerprint density at radius 3 is 3.00 bits per heavy atom. The van der Waals surface area contributed by atoms with E-state index in [0.29, 0.717) is 11.6 Å². The summed E-state index contributed by atoms with van der Waals surface area (Å²) in [6.07, 6.45) is 2.76. The predicted octanol–water partition coefficient (Wildman–Crippen LogP) is 3.54. The number of aliphatic carboxylic acids is 1. The summed E-state index contributed by atoms with van der Waals surface area (Å²) >= 11 is 9.56. The average Bonchev–Trinajstić information content (AvgIpc) is 2.34. The van der Waals surface area contributed by atoms with Crippen molar-refractivity contribution in [2.24, 2.45) is 0 Å². The van der Waals surface area contributed by atoms with Gasteiger partial charge in [0, 0.05) is 16.0 Å². The third-order valence-corrected chi connectivity index (χ3v) is 4.14. The van der Waals surface area contributed by atoms with Crippen LogP contribution in [0.1, 0.15) is 24.8 Å². The van der Waals surface area contributed by atoms with Gasteiger partial charge in [0.25, 0.3) is 0 Å². The summed E-state index contributed by atoms with van der Waals surface area (Å²) < 4.78 is 0.964. The molecular weight excluding hydrogens is 318 g/mol. The highest BCUT2D eigenvalue weighted by atomic mass is 79.9. The monoisotopic (exact) mass is 331 g/mol. The highest BCUT2D eigenvalue weighted by Gasteiger charge is 2.28. The number of hydrogen-bond acceptors (Lipinski definition) is 2. The predicted molar refractivity (Wildman–Crippen MR) is 74.8 cm³/mol. The van der Waals surface area contributed by atoms with Gasteiger partial charge in [-0.3, -0.25) is 9.69 Å². The lowest BCUT2D eigenvalue weighted by Gasteiger charge is -2.33. The summed E-state index contributed by atoms with van der Waals surface area (Å²) in [6.45, 7) is 1.41. The molecule has 2 rings (SSSR count). The van der Waals surface area contributed by atoms with Crippen LogP contribution in [-0.2, 0) is 11.3 Å². The Balaban J connectivity index is 2.15. The van der Waals surface area contributed by atoms with Crippen molar-refractivity contribution in [1.82, 2.24) is 4.90 Å². The number of halogens is 2. The Morgan fingerprint density at radius 1 is 1.50 bits per heavy atom. The molecule has 0 bridgehead atoms. The van der Waals surface area contributed by atoms with Gasteiger partial charge in [-0.25, -0.2) is 0 Å². The maximum absolute atomic E-state index is 11.2. The van der Waals surface area contributed by atoms with Gasteiger partial charge in [-0.15, -0.1) is 0 Å². The van der Waals surface area contributed by atoms with Crippen molar-refractivity contribution in [3.8, 4) is 0 Å². The Morgan fingerprint density at radius 2 is 2.28 bits per heavy atom. The van der Waals surface area contributed by atoms with Crippen molar-refractivity contribution in [1.29, 1.82) is 0 Å². The van der Waals surface area contributed by atoms with E-state index in [4.69, 9.17) is 11.6 Å². The van der Waals surface area contributed by atoms with Crippen LogP contribution in [0.2, 0.25) is 5.02 Å². The summed E-state index contributed by atoms with van der Waals surface area (Å²) in [7, 11) is 0. The van der Waals surface area contributed by atoms with E-state index < -0.39 is 5.97 Å². The maximum Gasteiger partial charge on any atom is 0.320 e. The second-order valence-electron chi connectivity index (χ2n) is 4.56. The van der Waals surface area contributed by atoms with E-state index in [-0.39, 0.29) is 6.04 Å². The van der Waals surface area contributed by atoms with Gasteiger partial charge in [0.05, 0.1) is 0 Å². The molecule has 0 aromatic heterocycles. The van der Waals surface area contributed by atoms with Gasteiger partial charge in [-0.05, 0) is 43.1 Å². The molecule has 98 valence electrons. The molecule has 1 aliphatic heterocycles. The number of likely N-dealkylation sites (tertiary alicyclic amines) is 1. The minimum absolute atomic E-state index is 0.381. The minimum Gasteiger partial charge on any atom is -0.480 e. The molecule has 0 aliphatic carbocycles. The lowest BCUT2D eigenvalue weighted by Crippen LogP contribution is -2.44. The third-order valence-electron chi connectivity index (χ3n) is 3.28. The van der Waals surface area contributed by atoms with Crippen molar-refractivity contribution >= 4 is 33.5 Å². The van der Waals surface area contributed by atoms with Crippen LogP contribution in [0.3, 0.4) is 0 Å². The van der Waals surface area contributed by atoms with Crippen LogP contribution in [0.4, 0.5) is 0 Å². The van der Waals surface area contributed by atoms with E-state index in [9.17, 15) is 9.90 Å². The molecule has 1 aromatic carbocycles. The van der Waals surface area contributed by atoms with Gasteiger partial charge in [0.2, 0.25) is 0 Å². The first-order valence-electron chi connectivity index (χ1n) is 5.98. The number of nitrogens with zero attached hydrogens (tertiary/aromatic N) is 1. The van der Waals surface area contributed by atoms with Crippen LogP contribution in [0.15, 0.2) is 22.7 Å². The van der Waals surface area contributed by atoms with Gasteiger partial charge in [-0.2, -0.15) is 0 Å². The highest BCUT2D eigenvalue weighted by molar-refractivity contribution is 9.10. The lowest BCUT2D eigenvalue weighted by molar-refractivity contribution is -0.144. The molecule has 3 nitrogen and oxygen atoms in total. The summed E-state index contributed by atoms with van der Waals surface area (Å²) in [6, 6.07) is 5.29. The van der Waals surface area contributed by atoms with E-state index in [0.717, 1.165) is 35.8 Å². The van der Waals surface area contributed by atoms with E-state index in [1.165, 1.54) is 0 Å². The molecule has 1 N–H and O–H groups in total. The molecule has 0 spiro atoms. The largest absolute Gasteiger partial charge is 0.480 e. The van der Waals surface area contributed by atoms with Gasteiger partial charge in [0.15, 0.2) is 0 Å². The van der Waals surface area contributed by atoms with Crippen molar-refractivity contribution in [2.75, 3.05) is 6.54 Å². The summed E-state index contributed by atoms with van der Waals surface area (Å²) in [4.78, 5) is 13.2. The number of hydrogen-bond donors (Lipinski definition) is 1. The van der Waals surface area contributed by atoms with Gasteiger partial charge in [0.1, 0.15) is 6.04 Å². The average molecular weight is 333 g/mol. The molecule has 1 aliphatic rings. The summed E-state index contributed by atoms with van der Waals surface area (Å²) in [5.41, 5.74) is 0.971. The minimum atomic E-state index is -0.735.